The van der Waals surface area contributed by atoms with Gasteiger partial charge in [0.25, 0.3) is 0 Å². The monoisotopic (exact) mass is 168 g/mol. The summed E-state index contributed by atoms with van der Waals surface area (Å²) >= 11 is 0. The van der Waals surface area contributed by atoms with Crippen molar-refractivity contribution in [3.05, 3.63) is 0 Å². The number of hydrogen-bond donors (Lipinski definition) is 0. The highest BCUT2D eigenvalue weighted by molar-refractivity contribution is 5.50. The molecule has 0 bridgehead atoms. The number of epoxide rings is 1. The molecule has 1 aliphatic carbocycles. The summed E-state index contributed by atoms with van der Waals surface area (Å²) < 4.78 is 5.62. The molecule has 0 N–H and O–H groups in total. The second-order valence-electron chi connectivity index (χ2n) is 4.77. The lowest BCUT2D eigenvalue weighted by Crippen LogP contribution is -2.33. The van der Waals surface area contributed by atoms with Crippen LogP contribution in [-0.2, 0) is 9.53 Å². The first-order chi connectivity index (χ1) is 5.52. The number of rotatable bonds is 2. The highest BCUT2D eigenvalue weighted by Crippen LogP contribution is 2.63. The summed E-state index contributed by atoms with van der Waals surface area (Å²) in [7, 11) is 0. The van der Waals surface area contributed by atoms with Gasteiger partial charge in [0.05, 0.1) is 11.7 Å². The van der Waals surface area contributed by atoms with Crippen molar-refractivity contribution in [3.63, 3.8) is 0 Å². The summed E-state index contributed by atoms with van der Waals surface area (Å²) in [6.07, 6.45) is 3.24. The summed E-state index contributed by atoms with van der Waals surface area (Å²) in [4.78, 5) is 10.4. The van der Waals surface area contributed by atoms with Gasteiger partial charge < -0.3 is 9.53 Å². The number of ether oxygens (including phenoxy) is 1. The Morgan fingerprint density at radius 2 is 2.17 bits per heavy atom. The van der Waals surface area contributed by atoms with E-state index in [4.69, 9.17) is 4.74 Å². The molecule has 1 saturated carbocycles. The Morgan fingerprint density at radius 1 is 1.50 bits per heavy atom. The Labute approximate surface area is 73.3 Å². The van der Waals surface area contributed by atoms with Crippen molar-refractivity contribution in [2.75, 3.05) is 0 Å². The van der Waals surface area contributed by atoms with Crippen molar-refractivity contribution >= 4 is 6.29 Å². The second-order valence-corrected chi connectivity index (χ2v) is 4.77. The molecule has 1 saturated heterocycles. The molecule has 0 aromatic heterocycles. The Morgan fingerprint density at radius 3 is 2.58 bits per heavy atom. The van der Waals surface area contributed by atoms with Crippen LogP contribution in [-0.4, -0.2) is 18.0 Å². The fourth-order valence-corrected chi connectivity index (χ4v) is 2.57. The Bertz CT molecular complexity index is 222. The normalized spacial score (nSPS) is 48.6. The summed E-state index contributed by atoms with van der Waals surface area (Å²) in [6.45, 7) is 6.60. The highest BCUT2D eigenvalue weighted by atomic mass is 16.6. The summed E-state index contributed by atoms with van der Waals surface area (Å²) in [5.41, 5.74) is 0.249. The van der Waals surface area contributed by atoms with E-state index in [1.54, 1.807) is 0 Å². The average molecular weight is 168 g/mol. The van der Waals surface area contributed by atoms with Crippen molar-refractivity contribution in [2.45, 2.75) is 45.3 Å². The van der Waals surface area contributed by atoms with Crippen LogP contribution in [0.1, 0.15) is 33.6 Å². The molecule has 0 unspecified atom stereocenters. The number of carbonyl (C=O) groups excluding carboxylic acids is 1. The van der Waals surface area contributed by atoms with Gasteiger partial charge >= 0.3 is 0 Å². The van der Waals surface area contributed by atoms with E-state index in [-0.39, 0.29) is 11.0 Å². The Hall–Kier alpha value is -0.370. The van der Waals surface area contributed by atoms with Crippen molar-refractivity contribution in [2.24, 2.45) is 11.3 Å². The molecule has 0 aromatic carbocycles. The third kappa shape index (κ3) is 0.764. The number of hydrogen-bond acceptors (Lipinski definition) is 2. The fourth-order valence-electron chi connectivity index (χ4n) is 2.57. The molecule has 68 valence electrons. The van der Waals surface area contributed by atoms with Crippen LogP contribution in [0.5, 0.6) is 0 Å². The largest absolute Gasteiger partial charge is 0.366 e. The molecule has 2 heteroatoms. The van der Waals surface area contributed by atoms with Crippen LogP contribution in [0, 0.1) is 11.3 Å². The zero-order valence-corrected chi connectivity index (χ0v) is 7.96. The predicted octanol–water partition coefficient (Wildman–Crippen LogP) is 1.78. The van der Waals surface area contributed by atoms with Gasteiger partial charge in [-0.1, -0.05) is 13.8 Å². The molecule has 0 spiro atoms. The molecule has 2 rings (SSSR count). The lowest BCUT2D eigenvalue weighted by atomic mass is 9.74. The maximum Gasteiger partial charge on any atom is 0.120 e. The zero-order chi connectivity index (χ0) is 8.98. The van der Waals surface area contributed by atoms with Crippen LogP contribution < -0.4 is 0 Å². The molecule has 1 aliphatic heterocycles. The van der Waals surface area contributed by atoms with Crippen molar-refractivity contribution in [3.8, 4) is 0 Å². The maximum atomic E-state index is 10.4. The minimum Gasteiger partial charge on any atom is -0.366 e. The molecule has 0 radical (unpaired) electrons. The van der Waals surface area contributed by atoms with Gasteiger partial charge in [-0.15, -0.1) is 0 Å². The minimum atomic E-state index is 0.0701. The van der Waals surface area contributed by atoms with Gasteiger partial charge in [0.15, 0.2) is 0 Å². The first-order valence-corrected chi connectivity index (χ1v) is 4.64. The van der Waals surface area contributed by atoms with Gasteiger partial charge in [-0.3, -0.25) is 0 Å². The van der Waals surface area contributed by atoms with E-state index in [1.807, 2.05) is 0 Å². The van der Waals surface area contributed by atoms with Crippen LogP contribution >= 0.6 is 0 Å². The zero-order valence-electron chi connectivity index (χ0n) is 7.96. The molecule has 12 heavy (non-hydrogen) atoms. The van der Waals surface area contributed by atoms with Gasteiger partial charge in [0.1, 0.15) is 6.29 Å². The molecule has 3 atom stereocenters. The summed E-state index contributed by atoms with van der Waals surface area (Å²) in [6, 6.07) is 0. The van der Waals surface area contributed by atoms with E-state index >= 15 is 0 Å². The topological polar surface area (TPSA) is 29.6 Å². The molecular formula is C10H16O2. The van der Waals surface area contributed by atoms with Crippen LogP contribution in [0.25, 0.3) is 0 Å². The van der Waals surface area contributed by atoms with E-state index in [0.717, 1.165) is 12.7 Å². The smallest absolute Gasteiger partial charge is 0.120 e. The van der Waals surface area contributed by atoms with E-state index in [0.29, 0.717) is 18.4 Å². The van der Waals surface area contributed by atoms with Crippen LogP contribution in [0.2, 0.25) is 0 Å². The summed E-state index contributed by atoms with van der Waals surface area (Å²) in [5, 5.41) is 0. The molecule has 2 nitrogen and oxygen atoms in total. The van der Waals surface area contributed by atoms with Gasteiger partial charge in [-0.05, 0) is 24.7 Å². The predicted molar refractivity (Wildman–Crippen MR) is 45.8 cm³/mol. The van der Waals surface area contributed by atoms with Crippen LogP contribution in [0.4, 0.5) is 0 Å². The van der Waals surface area contributed by atoms with Gasteiger partial charge in [-0.2, -0.15) is 0 Å². The van der Waals surface area contributed by atoms with E-state index in [2.05, 4.69) is 20.8 Å². The average Bonchev–Trinajstić information content (AvgIpc) is 2.58. The van der Waals surface area contributed by atoms with E-state index in [9.17, 15) is 4.79 Å². The van der Waals surface area contributed by atoms with Gasteiger partial charge in [-0.25, -0.2) is 0 Å². The van der Waals surface area contributed by atoms with E-state index in [1.165, 1.54) is 0 Å². The number of fused-ring (bicyclic) bond motifs is 1. The van der Waals surface area contributed by atoms with Crippen LogP contribution in [0.15, 0.2) is 0 Å². The molecule has 2 aliphatic rings. The number of carbonyl (C=O) groups is 1. The first kappa shape index (κ1) is 8.24. The molecule has 0 amide bonds. The second kappa shape index (κ2) is 2.11. The van der Waals surface area contributed by atoms with Crippen molar-refractivity contribution in [1.82, 2.24) is 0 Å². The van der Waals surface area contributed by atoms with Crippen LogP contribution in [0.3, 0.4) is 0 Å². The molecular weight excluding hydrogens is 152 g/mol. The molecule has 1 heterocycles. The maximum absolute atomic E-state index is 10.4. The quantitative estimate of drug-likeness (QED) is 0.464. The van der Waals surface area contributed by atoms with Gasteiger partial charge in [0, 0.05) is 6.42 Å². The molecule has 2 fully saturated rings. The number of aldehydes is 1. The van der Waals surface area contributed by atoms with Gasteiger partial charge in [0.2, 0.25) is 0 Å². The Balaban J connectivity index is 2.17. The fraction of sp³-hybridized carbons (Fsp3) is 0.900. The minimum absolute atomic E-state index is 0.0701. The third-order valence-electron chi connectivity index (χ3n) is 4.12. The first-order valence-electron chi connectivity index (χ1n) is 4.64. The standard InChI is InChI=1S/C10H16O2/c1-9(2)7(4-5-11)6-8-10(9,3)12-8/h5,7-8H,4,6H2,1-3H3/t7-,8-,10-/m1/s1. The third-order valence-corrected chi connectivity index (χ3v) is 4.12. The Kier molecular flexibility index (Phi) is 1.45. The molecule has 0 aromatic rings. The lowest BCUT2D eigenvalue weighted by molar-refractivity contribution is -0.109. The SMILES string of the molecule is CC1(C)[C@H](CC=O)C[C@H]2O[C@]21C. The van der Waals surface area contributed by atoms with Crippen molar-refractivity contribution < 1.29 is 9.53 Å². The highest BCUT2D eigenvalue weighted by Gasteiger charge is 2.69. The van der Waals surface area contributed by atoms with Crippen molar-refractivity contribution in [1.29, 1.82) is 0 Å². The summed E-state index contributed by atoms with van der Waals surface area (Å²) in [5.74, 6) is 0.527. The van der Waals surface area contributed by atoms with E-state index < -0.39 is 0 Å². The lowest BCUT2D eigenvalue weighted by Gasteiger charge is -2.32.